The molecule has 0 bridgehead atoms. The summed E-state index contributed by atoms with van der Waals surface area (Å²) in [7, 11) is -3.81. The van der Waals surface area contributed by atoms with Crippen molar-refractivity contribution in [2.75, 3.05) is 32.8 Å². The Morgan fingerprint density at radius 1 is 0.867 bits per heavy atom. The minimum atomic E-state index is -6.16. The Hall–Kier alpha value is -3.18. The number of ether oxygens (including phenoxy) is 1. The lowest BCUT2D eigenvalue weighted by atomic mass is 9.95. The Kier molecular flexibility index (Phi) is 11.3. The van der Waals surface area contributed by atoms with E-state index in [0.717, 1.165) is 4.90 Å². The van der Waals surface area contributed by atoms with E-state index in [1.54, 1.807) is 13.8 Å². The van der Waals surface area contributed by atoms with Crippen molar-refractivity contribution in [2.45, 2.75) is 75.7 Å². The number of ketones is 1. The van der Waals surface area contributed by atoms with Gasteiger partial charge in [0.2, 0.25) is 27.6 Å². The summed E-state index contributed by atoms with van der Waals surface area (Å²) < 4.78 is 98.4. The molecule has 2 N–H and O–H groups in total. The van der Waals surface area contributed by atoms with E-state index >= 15 is 0 Å². The number of nitrogens with one attached hydrogen (secondary N) is 2. The molecule has 3 rings (SSSR count). The van der Waals surface area contributed by atoms with Gasteiger partial charge in [-0.3, -0.25) is 19.2 Å². The van der Waals surface area contributed by atoms with E-state index in [-0.39, 0.29) is 49.7 Å². The molecule has 0 spiro atoms. The Morgan fingerprint density at radius 3 is 1.93 bits per heavy atom. The Labute approximate surface area is 257 Å². The number of amides is 3. The maximum Gasteiger partial charge on any atom is 0.461 e. The van der Waals surface area contributed by atoms with Crippen LogP contribution >= 0.6 is 0 Å². The van der Waals surface area contributed by atoms with E-state index in [1.165, 1.54) is 42.4 Å². The first-order chi connectivity index (χ1) is 20.8. The van der Waals surface area contributed by atoms with E-state index in [4.69, 9.17) is 4.74 Å². The largest absolute Gasteiger partial charge is 0.461 e. The highest BCUT2D eigenvalue weighted by molar-refractivity contribution is 7.89. The highest BCUT2D eigenvalue weighted by Gasteiger charge is 2.65. The van der Waals surface area contributed by atoms with Crippen LogP contribution in [0.1, 0.15) is 50.9 Å². The minimum Gasteiger partial charge on any atom is -0.379 e. The number of Topliss-reactive ketones (excluding diaryl/α,β-unsaturated/α-hetero) is 1. The van der Waals surface area contributed by atoms with Gasteiger partial charge in [-0.1, -0.05) is 27.7 Å². The van der Waals surface area contributed by atoms with E-state index in [2.05, 4.69) is 5.32 Å². The number of alkyl halides is 5. The molecule has 0 aromatic heterocycles. The van der Waals surface area contributed by atoms with Crippen LogP contribution in [0.15, 0.2) is 29.2 Å². The average molecular weight is 669 g/mol. The first-order valence-corrected chi connectivity index (χ1v) is 15.8. The van der Waals surface area contributed by atoms with Gasteiger partial charge >= 0.3 is 12.1 Å². The van der Waals surface area contributed by atoms with Crippen LogP contribution in [0.25, 0.3) is 0 Å². The van der Waals surface area contributed by atoms with Crippen molar-refractivity contribution in [3.05, 3.63) is 29.8 Å². The van der Waals surface area contributed by atoms with Crippen LogP contribution in [-0.4, -0.2) is 104 Å². The lowest BCUT2D eigenvalue weighted by Crippen LogP contribution is -2.60. The second kappa shape index (κ2) is 14.1. The number of morpholine rings is 1. The highest BCUT2D eigenvalue weighted by Crippen LogP contribution is 2.37. The van der Waals surface area contributed by atoms with Crippen molar-refractivity contribution < 1.29 is 54.3 Å². The van der Waals surface area contributed by atoms with Crippen LogP contribution < -0.4 is 10.6 Å². The number of halogens is 5. The van der Waals surface area contributed by atoms with Gasteiger partial charge in [-0.05, 0) is 48.9 Å². The molecule has 0 saturated carbocycles. The molecule has 11 nitrogen and oxygen atoms in total. The molecular weight excluding hydrogens is 631 g/mol. The normalized spacial score (nSPS) is 19.8. The second-order valence-electron chi connectivity index (χ2n) is 11.6. The van der Waals surface area contributed by atoms with Gasteiger partial charge in [-0.2, -0.15) is 26.3 Å². The monoisotopic (exact) mass is 668 g/mol. The van der Waals surface area contributed by atoms with Gasteiger partial charge in [-0.15, -0.1) is 0 Å². The molecule has 3 amide bonds. The predicted octanol–water partition coefficient (Wildman–Crippen LogP) is 2.36. The molecule has 45 heavy (non-hydrogen) atoms. The van der Waals surface area contributed by atoms with Crippen LogP contribution in [0.5, 0.6) is 0 Å². The topological polar surface area (TPSA) is 142 Å². The molecule has 252 valence electrons. The summed E-state index contributed by atoms with van der Waals surface area (Å²) in [6.07, 6.45) is -5.82. The fourth-order valence-corrected chi connectivity index (χ4v) is 6.46. The fourth-order valence-electron chi connectivity index (χ4n) is 5.05. The molecule has 1 aromatic carbocycles. The molecule has 0 aliphatic carbocycles. The molecule has 0 unspecified atom stereocenters. The molecule has 1 aromatic rings. The highest BCUT2D eigenvalue weighted by atomic mass is 32.2. The third-order valence-corrected chi connectivity index (χ3v) is 9.61. The van der Waals surface area contributed by atoms with E-state index in [0.29, 0.717) is 6.42 Å². The maximum absolute atomic E-state index is 13.8. The molecule has 2 aliphatic rings. The van der Waals surface area contributed by atoms with Gasteiger partial charge in [-0.25, -0.2) is 8.42 Å². The number of hydrogen-bond donors (Lipinski definition) is 2. The number of nitrogens with zero attached hydrogens (tertiary/aromatic N) is 2. The van der Waals surface area contributed by atoms with Gasteiger partial charge in [0.05, 0.1) is 24.2 Å². The summed E-state index contributed by atoms with van der Waals surface area (Å²) in [5.74, 6) is -12.3. The number of carbonyl (C=O) groups is 4. The number of sulfonamides is 1. The van der Waals surface area contributed by atoms with Crippen molar-refractivity contribution in [1.29, 1.82) is 0 Å². The molecule has 2 saturated heterocycles. The Bertz CT molecular complexity index is 1360. The molecule has 2 heterocycles. The van der Waals surface area contributed by atoms with Gasteiger partial charge in [0, 0.05) is 25.2 Å². The van der Waals surface area contributed by atoms with Crippen molar-refractivity contribution in [3.8, 4) is 0 Å². The van der Waals surface area contributed by atoms with Crippen molar-refractivity contribution in [3.63, 3.8) is 0 Å². The van der Waals surface area contributed by atoms with Crippen LogP contribution in [0.4, 0.5) is 22.0 Å². The van der Waals surface area contributed by atoms with Gasteiger partial charge in [0.15, 0.2) is 0 Å². The quantitative estimate of drug-likeness (QED) is 0.345. The summed E-state index contributed by atoms with van der Waals surface area (Å²) in [6, 6.07) is 0.464. The predicted molar refractivity (Wildman–Crippen MR) is 150 cm³/mol. The number of hydrogen-bond acceptors (Lipinski definition) is 7. The smallest absolute Gasteiger partial charge is 0.379 e. The SMILES string of the molecule is CC(C)[C@H](NC(=O)c1ccc(S(=O)(=O)N2CCOCC2)cc1)C(=O)N1CCC[C@H]1C(=O)N[C@H](C(=O)C(F)(F)C(F)(F)F)C(C)C. The second-order valence-corrected chi connectivity index (χ2v) is 13.5. The third-order valence-electron chi connectivity index (χ3n) is 7.69. The zero-order chi connectivity index (χ0) is 33.9. The van der Waals surface area contributed by atoms with E-state index in [9.17, 15) is 49.5 Å². The lowest BCUT2D eigenvalue weighted by molar-refractivity contribution is -0.270. The van der Waals surface area contributed by atoms with Crippen molar-refractivity contribution >= 4 is 33.5 Å². The van der Waals surface area contributed by atoms with Crippen LogP contribution in [0, 0.1) is 11.8 Å². The number of rotatable bonds is 11. The fraction of sp³-hybridized carbons (Fsp3) is 0.643. The minimum absolute atomic E-state index is 0.0309. The number of benzene rings is 1. The summed E-state index contributed by atoms with van der Waals surface area (Å²) in [5.41, 5.74) is 0.0500. The molecule has 3 atom stereocenters. The maximum atomic E-state index is 13.8. The Balaban J connectivity index is 1.73. The van der Waals surface area contributed by atoms with Gasteiger partial charge in [0.1, 0.15) is 12.1 Å². The van der Waals surface area contributed by atoms with Gasteiger partial charge in [0.25, 0.3) is 5.91 Å². The summed E-state index contributed by atoms with van der Waals surface area (Å²) in [4.78, 5) is 53.0. The van der Waals surface area contributed by atoms with Crippen molar-refractivity contribution in [2.24, 2.45) is 11.8 Å². The van der Waals surface area contributed by atoms with Crippen LogP contribution in [0.3, 0.4) is 0 Å². The van der Waals surface area contributed by atoms with Crippen LogP contribution in [-0.2, 0) is 29.1 Å². The summed E-state index contributed by atoms with van der Waals surface area (Å²) >= 11 is 0. The first-order valence-electron chi connectivity index (χ1n) is 14.4. The molecule has 2 aliphatic heterocycles. The standard InChI is InChI=1S/C28H37F5N4O7S/c1-16(2)21(23(38)27(29,30)28(31,32)33)34-25(40)20-6-5-11-37(20)26(41)22(17(3)4)35-24(39)18-7-9-19(10-8-18)45(42,43)36-12-14-44-15-13-36/h7-10,16-17,20-22H,5-6,11-15H2,1-4H3,(H,34,40)(H,35,39)/t20-,21-,22-/m0/s1. The molecule has 17 heteroatoms. The first kappa shape index (κ1) is 36.3. The lowest BCUT2D eigenvalue weighted by Gasteiger charge is -2.32. The third kappa shape index (κ3) is 7.98. The zero-order valence-electron chi connectivity index (χ0n) is 25.2. The van der Waals surface area contributed by atoms with E-state index in [1.807, 2.05) is 5.32 Å². The summed E-state index contributed by atoms with van der Waals surface area (Å²) in [6.45, 7) is 6.56. The Morgan fingerprint density at radius 2 is 1.42 bits per heavy atom. The average Bonchev–Trinajstić information content (AvgIpc) is 3.47. The van der Waals surface area contributed by atoms with Crippen molar-refractivity contribution in [1.82, 2.24) is 19.8 Å². The number of carbonyl (C=O) groups excluding carboxylic acids is 4. The zero-order valence-corrected chi connectivity index (χ0v) is 26.0. The van der Waals surface area contributed by atoms with Gasteiger partial charge < -0.3 is 20.3 Å². The molecule has 0 radical (unpaired) electrons. The summed E-state index contributed by atoms with van der Waals surface area (Å²) in [5, 5.41) is 4.58. The van der Waals surface area contributed by atoms with Crippen LogP contribution in [0.2, 0.25) is 0 Å². The molecular formula is C28H37F5N4O7S. The van der Waals surface area contributed by atoms with E-state index < -0.39 is 75.6 Å². The molecule has 2 fully saturated rings. The number of likely N-dealkylation sites (tertiary alicyclic amines) is 1.